The summed E-state index contributed by atoms with van der Waals surface area (Å²) < 4.78 is 21.9. The highest BCUT2D eigenvalue weighted by Crippen LogP contribution is 2.46. The topological polar surface area (TPSA) is 49.8 Å². The molecule has 0 bridgehead atoms. The lowest BCUT2D eigenvalue weighted by molar-refractivity contribution is 0.174. The van der Waals surface area contributed by atoms with E-state index in [4.69, 9.17) is 23.9 Å². The highest BCUT2D eigenvalue weighted by Gasteiger charge is 2.27. The maximum Gasteiger partial charge on any atom is 0.231 e. The summed E-state index contributed by atoms with van der Waals surface area (Å²) >= 11 is 0. The minimum absolute atomic E-state index is 0.285. The Labute approximate surface area is 138 Å². The van der Waals surface area contributed by atoms with Gasteiger partial charge in [-0.05, 0) is 40.8 Å². The fourth-order valence-electron chi connectivity index (χ4n) is 3.55. The van der Waals surface area contributed by atoms with E-state index in [0.717, 1.165) is 45.7 Å². The second-order valence-electron chi connectivity index (χ2n) is 5.92. The van der Waals surface area contributed by atoms with E-state index in [0.29, 0.717) is 5.75 Å². The molecule has 0 saturated heterocycles. The van der Waals surface area contributed by atoms with Crippen LogP contribution >= 0.6 is 0 Å². The van der Waals surface area contributed by atoms with Gasteiger partial charge >= 0.3 is 0 Å². The van der Waals surface area contributed by atoms with Gasteiger partial charge in [0, 0.05) is 23.6 Å². The Morgan fingerprint density at radius 1 is 0.958 bits per heavy atom. The smallest absolute Gasteiger partial charge is 0.231 e. The van der Waals surface area contributed by atoms with Crippen LogP contribution in [0.2, 0.25) is 0 Å². The van der Waals surface area contributed by atoms with Crippen molar-refractivity contribution >= 4 is 10.8 Å². The quantitative estimate of drug-likeness (QED) is 0.565. The lowest BCUT2D eigenvalue weighted by atomic mass is 10.0. The first-order chi connectivity index (χ1) is 11.8. The van der Waals surface area contributed by atoms with E-state index in [9.17, 15) is 0 Å². The van der Waals surface area contributed by atoms with Crippen LogP contribution < -0.4 is 18.9 Å². The highest BCUT2D eigenvalue weighted by atomic mass is 16.7. The zero-order chi connectivity index (χ0) is 16.3. The molecule has 2 heterocycles. The maximum atomic E-state index is 5.51. The fraction of sp³-hybridized carbons (Fsp3) is 0.211. The van der Waals surface area contributed by atoms with Crippen LogP contribution in [0.25, 0.3) is 22.0 Å². The zero-order valence-electron chi connectivity index (χ0n) is 13.4. The number of fused-ring (bicyclic) bond motifs is 6. The Bertz CT molecular complexity index is 997. The van der Waals surface area contributed by atoms with Crippen molar-refractivity contribution < 1.29 is 18.9 Å². The molecule has 5 rings (SSSR count). The predicted molar refractivity (Wildman–Crippen MR) is 89.2 cm³/mol. The molecule has 3 aromatic rings. The van der Waals surface area contributed by atoms with Crippen molar-refractivity contribution in [2.24, 2.45) is 0 Å². The summed E-state index contributed by atoms with van der Waals surface area (Å²) in [6.45, 7) is 0.285. The van der Waals surface area contributed by atoms with Crippen molar-refractivity contribution in [1.82, 2.24) is 4.98 Å². The molecule has 0 unspecified atom stereocenters. The number of ether oxygens (including phenoxy) is 4. The van der Waals surface area contributed by atoms with Crippen molar-refractivity contribution in [3.8, 4) is 34.3 Å². The number of hydrogen-bond acceptors (Lipinski definition) is 5. The van der Waals surface area contributed by atoms with Gasteiger partial charge in [-0.1, -0.05) is 0 Å². The first-order valence-corrected chi connectivity index (χ1v) is 7.75. The van der Waals surface area contributed by atoms with Gasteiger partial charge in [0.2, 0.25) is 6.79 Å². The first kappa shape index (κ1) is 13.5. The molecule has 1 aromatic heterocycles. The number of nitrogens with zero attached hydrogens (tertiary/aromatic N) is 1. The third kappa shape index (κ3) is 1.72. The van der Waals surface area contributed by atoms with E-state index in [-0.39, 0.29) is 6.79 Å². The maximum absolute atomic E-state index is 5.51. The summed E-state index contributed by atoms with van der Waals surface area (Å²) in [6, 6.07) is 8.09. The zero-order valence-corrected chi connectivity index (χ0v) is 13.4. The number of benzene rings is 2. The minimum atomic E-state index is 0.285. The van der Waals surface area contributed by atoms with Crippen molar-refractivity contribution in [2.75, 3.05) is 21.0 Å². The number of pyridine rings is 1. The second-order valence-corrected chi connectivity index (χ2v) is 5.92. The van der Waals surface area contributed by atoms with E-state index in [1.165, 1.54) is 11.1 Å². The fourth-order valence-corrected chi connectivity index (χ4v) is 3.55. The van der Waals surface area contributed by atoms with Gasteiger partial charge < -0.3 is 18.9 Å². The molecule has 5 heteroatoms. The van der Waals surface area contributed by atoms with Crippen molar-refractivity contribution in [3.05, 3.63) is 41.6 Å². The van der Waals surface area contributed by atoms with Crippen molar-refractivity contribution in [1.29, 1.82) is 0 Å². The Balaban J connectivity index is 1.75. The lowest BCUT2D eigenvalue weighted by Crippen LogP contribution is -1.94. The third-order valence-electron chi connectivity index (χ3n) is 4.72. The van der Waals surface area contributed by atoms with Gasteiger partial charge in [0.1, 0.15) is 0 Å². The van der Waals surface area contributed by atoms with Crippen LogP contribution in [0.3, 0.4) is 0 Å². The molecule has 0 fully saturated rings. The molecule has 0 amide bonds. The van der Waals surface area contributed by atoms with Gasteiger partial charge in [0.25, 0.3) is 0 Å². The Morgan fingerprint density at radius 3 is 2.50 bits per heavy atom. The van der Waals surface area contributed by atoms with Crippen molar-refractivity contribution in [2.45, 2.75) is 6.42 Å². The molecule has 0 saturated carbocycles. The Kier molecular flexibility index (Phi) is 2.68. The first-order valence-electron chi connectivity index (χ1n) is 7.75. The summed E-state index contributed by atoms with van der Waals surface area (Å²) in [4.78, 5) is 4.69. The number of rotatable bonds is 2. The molecular formula is C19H15NO4. The van der Waals surface area contributed by atoms with Crippen LogP contribution in [-0.2, 0) is 6.42 Å². The third-order valence-corrected chi connectivity index (χ3v) is 4.72. The molecule has 1 aliphatic carbocycles. The monoisotopic (exact) mass is 321 g/mol. The standard InChI is InChI=1S/C19H15NO4/c1-21-15-5-11-8-20-19-13-7-18-17(23-9-24-18)4-10(13)3-14(19)12(11)6-16(15)22-2/h4-8H,3,9H2,1-2H3. The second kappa shape index (κ2) is 4.77. The predicted octanol–water partition coefficient (Wildman–Crippen LogP) is 3.55. The average Bonchev–Trinajstić information content (AvgIpc) is 3.21. The molecule has 120 valence electrons. The van der Waals surface area contributed by atoms with E-state index in [2.05, 4.69) is 6.07 Å². The van der Waals surface area contributed by atoms with Gasteiger partial charge in [-0.25, -0.2) is 0 Å². The molecule has 24 heavy (non-hydrogen) atoms. The molecular weight excluding hydrogens is 306 g/mol. The lowest BCUT2D eigenvalue weighted by Gasteiger charge is -2.11. The van der Waals surface area contributed by atoms with Crippen LogP contribution in [0.4, 0.5) is 0 Å². The number of methoxy groups -OCH3 is 2. The summed E-state index contributed by atoms with van der Waals surface area (Å²) in [6.07, 6.45) is 2.71. The highest BCUT2D eigenvalue weighted by molar-refractivity contribution is 5.95. The summed E-state index contributed by atoms with van der Waals surface area (Å²) in [5.74, 6) is 3.03. The normalized spacial score (nSPS) is 13.8. The minimum Gasteiger partial charge on any atom is -0.493 e. The molecule has 0 spiro atoms. The van der Waals surface area contributed by atoms with Gasteiger partial charge in [-0.15, -0.1) is 0 Å². The van der Waals surface area contributed by atoms with Crippen LogP contribution in [0.1, 0.15) is 11.1 Å². The van der Waals surface area contributed by atoms with Gasteiger partial charge in [-0.3, -0.25) is 4.98 Å². The number of hydrogen-bond donors (Lipinski definition) is 0. The largest absolute Gasteiger partial charge is 0.493 e. The van der Waals surface area contributed by atoms with Crippen LogP contribution in [0, 0.1) is 0 Å². The molecule has 1 aliphatic heterocycles. The van der Waals surface area contributed by atoms with E-state index in [1.54, 1.807) is 14.2 Å². The summed E-state index contributed by atoms with van der Waals surface area (Å²) in [5.41, 5.74) is 4.53. The van der Waals surface area contributed by atoms with E-state index >= 15 is 0 Å². The molecule has 0 radical (unpaired) electrons. The Hall–Kier alpha value is -2.95. The van der Waals surface area contributed by atoms with Crippen molar-refractivity contribution in [3.63, 3.8) is 0 Å². The summed E-state index contributed by atoms with van der Waals surface area (Å²) in [7, 11) is 3.29. The molecule has 5 nitrogen and oxygen atoms in total. The Morgan fingerprint density at radius 2 is 1.71 bits per heavy atom. The average molecular weight is 321 g/mol. The van der Waals surface area contributed by atoms with E-state index in [1.807, 2.05) is 24.4 Å². The molecule has 2 aromatic carbocycles. The van der Waals surface area contributed by atoms with Crippen LogP contribution in [0.5, 0.6) is 23.0 Å². The number of aromatic nitrogens is 1. The summed E-state index contributed by atoms with van der Waals surface area (Å²) in [5, 5.41) is 2.18. The molecule has 0 atom stereocenters. The SMILES string of the molecule is COc1cc2cnc3c(c2cc1OC)Cc1cc2c(cc1-3)OCO2. The van der Waals surface area contributed by atoms with Crippen LogP contribution in [-0.4, -0.2) is 26.0 Å². The van der Waals surface area contributed by atoms with Crippen LogP contribution in [0.15, 0.2) is 30.5 Å². The molecule has 2 aliphatic rings. The van der Waals surface area contributed by atoms with E-state index < -0.39 is 0 Å². The van der Waals surface area contributed by atoms with Gasteiger partial charge in [0.05, 0.1) is 19.9 Å². The molecule has 0 N–H and O–H groups in total. The van der Waals surface area contributed by atoms with Gasteiger partial charge in [0.15, 0.2) is 23.0 Å². The van der Waals surface area contributed by atoms with Gasteiger partial charge in [-0.2, -0.15) is 0 Å².